The molecule has 1 atom stereocenters. The van der Waals surface area contributed by atoms with Gasteiger partial charge in [-0.15, -0.1) is 6.42 Å². The summed E-state index contributed by atoms with van der Waals surface area (Å²) in [6.07, 6.45) is 14.7. The maximum atomic E-state index is 12.1. The normalized spacial score (nSPS) is 9.07. The number of phosphoric ester groups is 1. The van der Waals surface area contributed by atoms with Crippen molar-refractivity contribution in [2.75, 3.05) is 13.2 Å². The molecule has 0 spiro atoms. The molecule has 0 bridgehead atoms. The minimum absolute atomic E-state index is 0. The standard InChI is InChI=1S/C31H33O8P.H3N.2Na.13H2/c1-3-5-7-9-11-13-15-16-18-19-21-23-25-30(32)37-27-29(28-38-40(34,35)36)39-31(33)26-24-22-20-17-14-12-10-8-6-4-2;;;;;;;;;;;;;;;;/h1,29H,4,6,8,10,12,14,17,20,22,24,26-28H2,2H3,(H2,34,35,36);1H3;;;13*1H/q;;2*+1;;;;;;;;;;;;;/p-2/t29-;;;;;;;;;;;;;;;;/m0................/s1. The van der Waals surface area contributed by atoms with E-state index < -0.39 is 39.1 Å². The first-order chi connectivity index (χ1) is 19.3. The number of carbonyl (C=O) groups is 2. The average molecular weight is 652 g/mol. The Kier molecular flexibility index (Phi) is 38.3. The summed E-state index contributed by atoms with van der Waals surface area (Å²) in [5.74, 6) is 28.4. The summed E-state index contributed by atoms with van der Waals surface area (Å²) in [5.41, 5.74) is 0. The van der Waals surface area contributed by atoms with Gasteiger partial charge in [0, 0.05) is 30.9 Å². The van der Waals surface area contributed by atoms with Crippen molar-refractivity contribution in [2.45, 2.75) is 83.7 Å². The molecule has 244 valence electrons. The molecule has 0 saturated carbocycles. The molecule has 12 heteroatoms. The van der Waals surface area contributed by atoms with E-state index in [9.17, 15) is 23.9 Å². The summed E-state index contributed by atoms with van der Waals surface area (Å²) in [6, 6.07) is 0. The topological polar surface area (TPSA) is 160 Å². The van der Waals surface area contributed by atoms with E-state index in [0.29, 0.717) is 6.42 Å². The second-order valence-electron chi connectivity index (χ2n) is 8.03. The minimum atomic E-state index is -5.32. The molecule has 0 aromatic carbocycles. The Balaban J connectivity index is -0.0000000634. The van der Waals surface area contributed by atoms with Gasteiger partial charge in [-0.1, -0.05) is 64.7 Å². The Morgan fingerprint density at radius 3 is 1.65 bits per heavy atom. The van der Waals surface area contributed by atoms with Crippen LogP contribution in [-0.2, 0) is 28.2 Å². The van der Waals surface area contributed by atoms with Gasteiger partial charge < -0.3 is 34.5 Å². The Bertz CT molecular complexity index is 1330. The summed E-state index contributed by atoms with van der Waals surface area (Å²) in [7, 11) is -5.32. The Morgan fingerprint density at radius 1 is 0.744 bits per heavy atom. The van der Waals surface area contributed by atoms with Crippen molar-refractivity contribution in [1.29, 1.82) is 0 Å². The zero-order valence-electron chi connectivity index (χ0n) is 25.3. The first-order valence-corrected chi connectivity index (χ1v) is 14.2. The third kappa shape index (κ3) is 37.9. The van der Waals surface area contributed by atoms with Crippen LogP contribution in [0.25, 0.3) is 0 Å². The summed E-state index contributed by atoms with van der Waals surface area (Å²) < 4.78 is 24.9. The van der Waals surface area contributed by atoms with E-state index in [2.05, 4.69) is 88.4 Å². The molecule has 0 aliphatic rings. The first kappa shape index (κ1) is 47.8. The van der Waals surface area contributed by atoms with Crippen molar-refractivity contribution in [3.05, 3.63) is 0 Å². The van der Waals surface area contributed by atoms with Crippen LogP contribution in [-0.4, -0.2) is 31.3 Å². The van der Waals surface area contributed by atoms with Crippen LogP contribution in [0.15, 0.2) is 0 Å². The van der Waals surface area contributed by atoms with E-state index in [4.69, 9.17) is 15.9 Å². The summed E-state index contributed by atoms with van der Waals surface area (Å²) in [5, 5.41) is 0. The van der Waals surface area contributed by atoms with Crippen molar-refractivity contribution in [3.8, 4) is 83.4 Å². The third-order valence-electron chi connectivity index (χ3n) is 4.71. The average Bonchev–Trinajstić information content (AvgIpc) is 2.91. The summed E-state index contributed by atoms with van der Waals surface area (Å²) in [4.78, 5) is 45.5. The molecule has 0 amide bonds. The van der Waals surface area contributed by atoms with E-state index in [0.717, 1.165) is 19.3 Å². The third-order valence-corrected chi connectivity index (χ3v) is 5.18. The molecular formula is C31H60NNa2O8P. The quantitative estimate of drug-likeness (QED) is 0.0552. The van der Waals surface area contributed by atoms with Gasteiger partial charge in [0.15, 0.2) is 6.10 Å². The fourth-order valence-electron chi connectivity index (χ4n) is 2.90. The summed E-state index contributed by atoms with van der Waals surface area (Å²) in [6.45, 7) is 0.836. The van der Waals surface area contributed by atoms with Crippen molar-refractivity contribution in [1.82, 2.24) is 6.15 Å². The van der Waals surface area contributed by atoms with Crippen LogP contribution in [0.1, 0.15) is 96.1 Å². The van der Waals surface area contributed by atoms with Gasteiger partial charge in [0.1, 0.15) is 6.61 Å². The van der Waals surface area contributed by atoms with Gasteiger partial charge in [-0.3, -0.25) is 4.79 Å². The smallest absolute Gasteiger partial charge is 0.790 e. The predicted molar refractivity (Wildman–Crippen MR) is 179 cm³/mol. The number of rotatable bonds is 17. The van der Waals surface area contributed by atoms with Crippen LogP contribution >= 0.6 is 7.82 Å². The molecule has 0 saturated heterocycles. The van der Waals surface area contributed by atoms with Crippen molar-refractivity contribution >= 4 is 19.8 Å². The number of carbonyl (C=O) groups excluding carboxylic acids is 2. The molecule has 0 aromatic heterocycles. The minimum Gasteiger partial charge on any atom is -0.790 e. The molecule has 0 aliphatic heterocycles. The molecule has 43 heavy (non-hydrogen) atoms. The number of hydrogen-bond donors (Lipinski definition) is 1. The van der Waals surface area contributed by atoms with Crippen LogP contribution in [0.2, 0.25) is 0 Å². The van der Waals surface area contributed by atoms with Gasteiger partial charge in [-0.25, -0.2) is 4.79 Å². The van der Waals surface area contributed by atoms with Crippen molar-refractivity contribution < 1.29 is 116 Å². The SMILES string of the molecule is C#CC#CC#CC#CC#CC#CC#CC(=O)OC[C@@H](COP(=O)([O-])[O-])OC(=O)CCCCCCCCCCCC.N.[HH].[HH].[HH].[HH].[HH].[HH].[HH].[HH].[HH].[HH].[HH].[HH].[HH].[Na+].[Na+]. The van der Waals surface area contributed by atoms with Crippen LogP contribution in [0.4, 0.5) is 0 Å². The van der Waals surface area contributed by atoms with Crippen LogP contribution in [0.5, 0.6) is 0 Å². The Hall–Kier alpha value is -2.07. The molecule has 0 unspecified atom stereocenters. The molecule has 0 aromatic rings. The number of esters is 2. The van der Waals surface area contributed by atoms with Gasteiger partial charge in [-0.2, -0.15) is 0 Å². The largest absolute Gasteiger partial charge is 1.00 e. The maximum Gasteiger partial charge on any atom is 1.00 e. The zero-order valence-corrected chi connectivity index (χ0v) is 30.2. The van der Waals surface area contributed by atoms with Gasteiger partial charge in [0.05, 0.1) is 14.4 Å². The van der Waals surface area contributed by atoms with Crippen LogP contribution in [0.3, 0.4) is 0 Å². The van der Waals surface area contributed by atoms with Gasteiger partial charge in [-0.05, 0) is 77.5 Å². The number of phosphoric acid groups is 1. The Labute approximate surface area is 320 Å². The second kappa shape index (κ2) is 34.4. The summed E-state index contributed by atoms with van der Waals surface area (Å²) >= 11 is 0. The predicted octanol–water partition coefficient (Wildman–Crippen LogP) is -0.381. The molecule has 9 nitrogen and oxygen atoms in total. The molecule has 0 rings (SSSR count). The van der Waals surface area contributed by atoms with E-state index >= 15 is 0 Å². The van der Waals surface area contributed by atoms with Gasteiger partial charge in [0.2, 0.25) is 0 Å². The van der Waals surface area contributed by atoms with E-state index in [-0.39, 0.29) is 90.2 Å². The molecular weight excluding hydrogens is 591 g/mol. The first-order valence-electron chi connectivity index (χ1n) is 12.8. The molecule has 0 aliphatic carbocycles. The molecule has 0 fully saturated rings. The second-order valence-corrected chi connectivity index (χ2v) is 9.18. The number of terminal acetylenes is 1. The van der Waals surface area contributed by atoms with Crippen LogP contribution in [0, 0.1) is 83.4 Å². The van der Waals surface area contributed by atoms with Crippen molar-refractivity contribution in [3.63, 3.8) is 0 Å². The van der Waals surface area contributed by atoms with Gasteiger partial charge in [0.25, 0.3) is 0 Å². The monoisotopic (exact) mass is 651 g/mol. The van der Waals surface area contributed by atoms with E-state index in [1.807, 2.05) is 0 Å². The van der Waals surface area contributed by atoms with Gasteiger partial charge >= 0.3 is 71.1 Å². The fraction of sp³-hybridized carbons (Fsp3) is 0.484. The zero-order chi connectivity index (χ0) is 29.7. The van der Waals surface area contributed by atoms with Crippen molar-refractivity contribution in [2.24, 2.45) is 0 Å². The van der Waals surface area contributed by atoms with E-state index in [1.54, 1.807) is 0 Å². The number of hydrogen-bond acceptors (Lipinski definition) is 9. The molecule has 0 heterocycles. The number of unbranched alkanes of at least 4 members (excludes halogenated alkanes) is 9. The van der Waals surface area contributed by atoms with Crippen LogP contribution < -0.4 is 75.1 Å². The molecule has 3 N–H and O–H groups in total. The number of ether oxygens (including phenoxy) is 2. The Morgan fingerprint density at radius 2 is 1.19 bits per heavy atom. The maximum absolute atomic E-state index is 12.1. The molecule has 0 radical (unpaired) electrons. The van der Waals surface area contributed by atoms with E-state index in [1.165, 1.54) is 38.5 Å². The fourth-order valence-corrected chi connectivity index (χ4v) is 3.25.